The zero-order valence-electron chi connectivity index (χ0n) is 12.6. The molecule has 5 heteroatoms. The van der Waals surface area contributed by atoms with Crippen molar-refractivity contribution in [1.29, 1.82) is 0 Å². The Morgan fingerprint density at radius 3 is 2.29 bits per heavy atom. The van der Waals surface area contributed by atoms with Crippen molar-refractivity contribution in [3.05, 3.63) is 34.4 Å². The molecule has 0 aliphatic rings. The van der Waals surface area contributed by atoms with Gasteiger partial charge < -0.3 is 0 Å². The van der Waals surface area contributed by atoms with Crippen LogP contribution in [-0.4, -0.2) is 0 Å². The number of hydrazine groups is 1. The molecule has 0 amide bonds. The highest BCUT2D eigenvalue weighted by atomic mass is 35.5. The van der Waals surface area contributed by atoms with E-state index in [1.54, 1.807) is 0 Å². The summed E-state index contributed by atoms with van der Waals surface area (Å²) in [6, 6.07) is 1.75. The molecule has 0 fully saturated rings. The van der Waals surface area contributed by atoms with Crippen molar-refractivity contribution in [1.82, 2.24) is 5.43 Å². The van der Waals surface area contributed by atoms with Crippen LogP contribution in [0, 0.1) is 11.6 Å². The van der Waals surface area contributed by atoms with Crippen LogP contribution in [0.2, 0.25) is 5.02 Å². The highest BCUT2D eigenvalue weighted by Gasteiger charge is 2.17. The highest BCUT2D eigenvalue weighted by Crippen LogP contribution is 2.26. The van der Waals surface area contributed by atoms with E-state index in [4.69, 9.17) is 17.4 Å². The summed E-state index contributed by atoms with van der Waals surface area (Å²) < 4.78 is 27.3. The van der Waals surface area contributed by atoms with Crippen LogP contribution in [-0.2, 0) is 0 Å². The Balaban J connectivity index is 2.43. The first-order chi connectivity index (χ1) is 10.1. The van der Waals surface area contributed by atoms with Gasteiger partial charge in [0.25, 0.3) is 0 Å². The van der Waals surface area contributed by atoms with Crippen LogP contribution in [0.1, 0.15) is 69.9 Å². The number of benzene rings is 1. The molecule has 1 atom stereocenters. The molecular formula is C16H25ClF2N2. The fourth-order valence-electron chi connectivity index (χ4n) is 2.44. The van der Waals surface area contributed by atoms with Crippen LogP contribution < -0.4 is 11.3 Å². The number of hydrogen-bond donors (Lipinski definition) is 2. The Hall–Kier alpha value is -0.710. The van der Waals surface area contributed by atoms with Gasteiger partial charge in [-0.1, -0.05) is 63.5 Å². The molecule has 1 unspecified atom stereocenters. The SMILES string of the molecule is CCCCCCCCCC(NN)c1cc(F)c(Cl)cc1F. The van der Waals surface area contributed by atoms with Gasteiger partial charge in [-0.2, -0.15) is 0 Å². The van der Waals surface area contributed by atoms with Crippen molar-refractivity contribution < 1.29 is 8.78 Å². The number of rotatable bonds is 10. The molecule has 0 aromatic heterocycles. The molecule has 1 aromatic rings. The number of unbranched alkanes of at least 4 members (excludes halogenated alkanes) is 6. The largest absolute Gasteiger partial charge is 0.271 e. The first-order valence-electron chi connectivity index (χ1n) is 7.70. The summed E-state index contributed by atoms with van der Waals surface area (Å²) in [7, 11) is 0. The zero-order valence-corrected chi connectivity index (χ0v) is 13.4. The number of nitrogens with two attached hydrogens (primary N) is 1. The predicted octanol–water partition coefficient (Wildman–Crippen LogP) is 5.26. The van der Waals surface area contributed by atoms with Crippen LogP contribution in [0.5, 0.6) is 0 Å². The van der Waals surface area contributed by atoms with E-state index in [9.17, 15) is 8.78 Å². The minimum Gasteiger partial charge on any atom is -0.271 e. The third kappa shape index (κ3) is 6.29. The molecule has 0 bridgehead atoms. The zero-order chi connectivity index (χ0) is 15.7. The average Bonchev–Trinajstić information content (AvgIpc) is 2.46. The number of nitrogens with one attached hydrogen (secondary N) is 1. The van der Waals surface area contributed by atoms with E-state index in [-0.39, 0.29) is 16.6 Å². The summed E-state index contributed by atoms with van der Waals surface area (Å²) in [6.07, 6.45) is 8.90. The van der Waals surface area contributed by atoms with E-state index < -0.39 is 11.6 Å². The molecule has 0 heterocycles. The molecule has 0 aliphatic heterocycles. The Kier molecular flexibility index (Phi) is 8.81. The molecule has 0 aliphatic carbocycles. The van der Waals surface area contributed by atoms with Gasteiger partial charge in [0.15, 0.2) is 0 Å². The van der Waals surface area contributed by atoms with Crippen LogP contribution in [0.4, 0.5) is 8.78 Å². The van der Waals surface area contributed by atoms with E-state index in [1.165, 1.54) is 32.1 Å². The van der Waals surface area contributed by atoms with Crippen molar-refractivity contribution in [2.45, 2.75) is 64.3 Å². The average molecular weight is 319 g/mol. The van der Waals surface area contributed by atoms with Crippen LogP contribution in [0.3, 0.4) is 0 Å². The van der Waals surface area contributed by atoms with Crippen molar-refractivity contribution >= 4 is 11.6 Å². The second kappa shape index (κ2) is 10.1. The van der Waals surface area contributed by atoms with Gasteiger partial charge in [-0.25, -0.2) is 8.78 Å². The summed E-state index contributed by atoms with van der Waals surface area (Å²) in [5, 5.41) is -0.206. The molecule has 0 saturated heterocycles. The molecule has 0 spiro atoms. The van der Waals surface area contributed by atoms with Crippen LogP contribution in [0.15, 0.2) is 12.1 Å². The minimum absolute atomic E-state index is 0.206. The second-order valence-electron chi connectivity index (χ2n) is 5.42. The first-order valence-corrected chi connectivity index (χ1v) is 8.08. The Morgan fingerprint density at radius 2 is 1.67 bits per heavy atom. The molecule has 2 nitrogen and oxygen atoms in total. The summed E-state index contributed by atoms with van der Waals surface area (Å²) in [4.78, 5) is 0. The first kappa shape index (κ1) is 18.3. The van der Waals surface area contributed by atoms with Crippen LogP contribution in [0.25, 0.3) is 0 Å². The second-order valence-corrected chi connectivity index (χ2v) is 5.82. The fraction of sp³-hybridized carbons (Fsp3) is 0.625. The number of hydrogen-bond acceptors (Lipinski definition) is 2. The third-order valence-electron chi connectivity index (χ3n) is 3.71. The third-order valence-corrected chi connectivity index (χ3v) is 4.00. The van der Waals surface area contributed by atoms with Gasteiger partial charge >= 0.3 is 0 Å². The smallest absolute Gasteiger partial charge is 0.142 e. The molecule has 120 valence electrons. The Labute approximate surface area is 131 Å². The van der Waals surface area contributed by atoms with Crippen LogP contribution >= 0.6 is 11.6 Å². The van der Waals surface area contributed by atoms with Crippen molar-refractivity contribution in [2.24, 2.45) is 5.84 Å². The van der Waals surface area contributed by atoms with Crippen molar-refractivity contribution in [3.8, 4) is 0 Å². The van der Waals surface area contributed by atoms with E-state index in [2.05, 4.69) is 12.3 Å². The monoisotopic (exact) mass is 318 g/mol. The van der Waals surface area contributed by atoms with Gasteiger partial charge in [0.05, 0.1) is 5.02 Å². The lowest BCUT2D eigenvalue weighted by Crippen LogP contribution is -2.28. The lowest BCUT2D eigenvalue weighted by Gasteiger charge is -2.17. The van der Waals surface area contributed by atoms with Gasteiger partial charge in [-0.3, -0.25) is 11.3 Å². The topological polar surface area (TPSA) is 38.0 Å². The Bertz CT molecular complexity index is 427. The summed E-state index contributed by atoms with van der Waals surface area (Å²) in [6.45, 7) is 2.19. The lowest BCUT2D eigenvalue weighted by atomic mass is 9.99. The molecule has 0 saturated carbocycles. The maximum atomic E-state index is 13.8. The maximum Gasteiger partial charge on any atom is 0.142 e. The summed E-state index contributed by atoms with van der Waals surface area (Å²) in [5.41, 5.74) is 2.81. The van der Waals surface area contributed by atoms with E-state index in [0.717, 1.165) is 25.0 Å². The van der Waals surface area contributed by atoms with Gasteiger partial charge in [-0.05, 0) is 18.6 Å². The van der Waals surface area contributed by atoms with Crippen molar-refractivity contribution in [2.75, 3.05) is 0 Å². The molecule has 1 rings (SSSR count). The summed E-state index contributed by atoms with van der Waals surface area (Å²) >= 11 is 5.55. The standard InChI is InChI=1S/C16H25ClF2N2/c1-2-3-4-5-6-7-8-9-16(21-20)12-10-15(19)13(17)11-14(12)18/h10-11,16,21H,2-9,20H2,1H3. The highest BCUT2D eigenvalue weighted by molar-refractivity contribution is 6.30. The predicted molar refractivity (Wildman–Crippen MR) is 84.0 cm³/mol. The summed E-state index contributed by atoms with van der Waals surface area (Å²) in [5.74, 6) is 4.33. The quantitative estimate of drug-likeness (QED) is 0.267. The van der Waals surface area contributed by atoms with Crippen molar-refractivity contribution in [3.63, 3.8) is 0 Å². The lowest BCUT2D eigenvalue weighted by molar-refractivity contribution is 0.453. The fourth-order valence-corrected chi connectivity index (χ4v) is 2.59. The molecule has 0 radical (unpaired) electrons. The van der Waals surface area contributed by atoms with E-state index in [0.29, 0.717) is 6.42 Å². The molecular weight excluding hydrogens is 294 g/mol. The van der Waals surface area contributed by atoms with Gasteiger partial charge in [-0.15, -0.1) is 0 Å². The minimum atomic E-state index is -0.618. The normalized spacial score (nSPS) is 12.6. The molecule has 3 N–H and O–H groups in total. The van der Waals surface area contributed by atoms with Gasteiger partial charge in [0.1, 0.15) is 11.6 Å². The maximum absolute atomic E-state index is 13.8. The number of halogens is 3. The molecule has 1 aromatic carbocycles. The van der Waals surface area contributed by atoms with E-state index >= 15 is 0 Å². The Morgan fingerprint density at radius 1 is 1.05 bits per heavy atom. The van der Waals surface area contributed by atoms with E-state index in [1.807, 2.05) is 0 Å². The molecule has 21 heavy (non-hydrogen) atoms. The van der Waals surface area contributed by atoms with Gasteiger partial charge in [0, 0.05) is 11.6 Å². The van der Waals surface area contributed by atoms with Gasteiger partial charge in [0.2, 0.25) is 0 Å².